The number of nitrogens with zero attached hydrogens (tertiary/aromatic N) is 1. The summed E-state index contributed by atoms with van der Waals surface area (Å²) in [5.41, 5.74) is 0.223. The van der Waals surface area contributed by atoms with Crippen LogP contribution < -0.4 is 10.6 Å². The molecule has 0 bridgehead atoms. The molecular formula is C14H19BrFN3O. The zero-order valence-electron chi connectivity index (χ0n) is 11.5. The number of rotatable bonds is 4. The second-order valence-electron chi connectivity index (χ2n) is 5.04. The van der Waals surface area contributed by atoms with Gasteiger partial charge in [0.25, 0.3) is 0 Å². The number of halogens is 2. The molecule has 1 atom stereocenters. The number of likely N-dealkylation sites (N-methyl/N-ethyl adjacent to an activating group) is 1. The van der Waals surface area contributed by atoms with Gasteiger partial charge >= 0.3 is 0 Å². The Kier molecular flexibility index (Phi) is 5.51. The van der Waals surface area contributed by atoms with Crippen molar-refractivity contribution in [1.29, 1.82) is 0 Å². The zero-order valence-corrected chi connectivity index (χ0v) is 13.0. The van der Waals surface area contributed by atoms with E-state index in [1.165, 1.54) is 6.07 Å². The molecule has 1 aromatic rings. The molecule has 1 amide bonds. The maximum Gasteiger partial charge on any atom is 0.238 e. The Morgan fingerprint density at radius 2 is 2.35 bits per heavy atom. The molecule has 0 spiro atoms. The number of carbonyl (C=O) groups excluding carboxylic acids is 1. The highest BCUT2D eigenvalue weighted by molar-refractivity contribution is 9.10. The van der Waals surface area contributed by atoms with E-state index in [0.717, 1.165) is 25.9 Å². The molecule has 1 aliphatic rings. The lowest BCUT2D eigenvalue weighted by atomic mass is 10.1. The van der Waals surface area contributed by atoms with E-state index in [0.29, 0.717) is 17.1 Å². The Labute approximate surface area is 126 Å². The van der Waals surface area contributed by atoms with Crippen LogP contribution in [0.2, 0.25) is 0 Å². The summed E-state index contributed by atoms with van der Waals surface area (Å²) in [6.07, 6.45) is 2.21. The lowest BCUT2D eigenvalue weighted by molar-refractivity contribution is -0.117. The molecule has 6 heteroatoms. The van der Waals surface area contributed by atoms with Crippen LogP contribution in [0.4, 0.5) is 10.1 Å². The molecule has 0 aromatic heterocycles. The fourth-order valence-corrected chi connectivity index (χ4v) is 2.75. The van der Waals surface area contributed by atoms with Crippen molar-refractivity contribution in [2.24, 2.45) is 0 Å². The van der Waals surface area contributed by atoms with E-state index >= 15 is 0 Å². The quantitative estimate of drug-likeness (QED) is 0.880. The van der Waals surface area contributed by atoms with Crippen molar-refractivity contribution in [3.8, 4) is 0 Å². The molecule has 110 valence electrons. The summed E-state index contributed by atoms with van der Waals surface area (Å²) >= 11 is 3.19. The number of piperidine rings is 1. The number of hydrogen-bond donors (Lipinski definition) is 2. The van der Waals surface area contributed by atoms with Crippen molar-refractivity contribution in [3.05, 3.63) is 28.5 Å². The van der Waals surface area contributed by atoms with Gasteiger partial charge in [-0.2, -0.15) is 0 Å². The van der Waals surface area contributed by atoms with Gasteiger partial charge in [-0.05, 0) is 44.6 Å². The van der Waals surface area contributed by atoms with Gasteiger partial charge in [0.05, 0.1) is 12.2 Å². The van der Waals surface area contributed by atoms with Crippen molar-refractivity contribution in [2.45, 2.75) is 18.9 Å². The van der Waals surface area contributed by atoms with Gasteiger partial charge in [-0.25, -0.2) is 4.39 Å². The van der Waals surface area contributed by atoms with Crippen molar-refractivity contribution in [2.75, 3.05) is 32.0 Å². The van der Waals surface area contributed by atoms with Gasteiger partial charge in [0, 0.05) is 17.1 Å². The third-order valence-electron chi connectivity index (χ3n) is 3.49. The van der Waals surface area contributed by atoms with Crippen LogP contribution in [0.3, 0.4) is 0 Å². The van der Waals surface area contributed by atoms with Crippen LogP contribution in [0.5, 0.6) is 0 Å². The first kappa shape index (κ1) is 15.4. The van der Waals surface area contributed by atoms with Gasteiger partial charge in [0.2, 0.25) is 5.91 Å². The minimum Gasteiger partial charge on any atom is -0.322 e. The Balaban J connectivity index is 1.88. The maximum absolute atomic E-state index is 13.6. The molecule has 1 fully saturated rings. The SMILES string of the molecule is CNC1CCCN(CC(=O)Nc2ccc(Br)cc2F)C1. The molecule has 0 aliphatic carbocycles. The lowest BCUT2D eigenvalue weighted by Crippen LogP contribution is -2.46. The van der Waals surface area contributed by atoms with Gasteiger partial charge in [-0.3, -0.25) is 9.69 Å². The molecule has 2 N–H and O–H groups in total. The molecule has 1 unspecified atom stereocenters. The third-order valence-corrected chi connectivity index (χ3v) is 3.98. The van der Waals surface area contributed by atoms with Crippen LogP contribution in [0.25, 0.3) is 0 Å². The number of amides is 1. The first-order valence-electron chi connectivity index (χ1n) is 6.73. The molecule has 0 radical (unpaired) electrons. The third kappa shape index (κ3) is 4.26. The topological polar surface area (TPSA) is 44.4 Å². The molecule has 1 aromatic carbocycles. The Morgan fingerprint density at radius 3 is 3.05 bits per heavy atom. The van der Waals surface area contributed by atoms with E-state index in [4.69, 9.17) is 0 Å². The summed E-state index contributed by atoms with van der Waals surface area (Å²) in [6, 6.07) is 5.04. The number of nitrogens with one attached hydrogen (secondary N) is 2. The van der Waals surface area contributed by atoms with Crippen LogP contribution >= 0.6 is 15.9 Å². The van der Waals surface area contributed by atoms with Crippen LogP contribution in [0.1, 0.15) is 12.8 Å². The number of carbonyl (C=O) groups is 1. The summed E-state index contributed by atoms with van der Waals surface area (Å²) in [4.78, 5) is 14.1. The van der Waals surface area contributed by atoms with Gasteiger partial charge in [0.15, 0.2) is 0 Å². The summed E-state index contributed by atoms with van der Waals surface area (Å²) in [5.74, 6) is -0.609. The summed E-state index contributed by atoms with van der Waals surface area (Å²) in [7, 11) is 1.94. The van der Waals surface area contributed by atoms with Crippen molar-refractivity contribution >= 4 is 27.5 Å². The number of benzene rings is 1. The molecule has 0 saturated carbocycles. The Morgan fingerprint density at radius 1 is 1.55 bits per heavy atom. The first-order chi connectivity index (χ1) is 9.58. The zero-order chi connectivity index (χ0) is 14.5. The van der Waals surface area contributed by atoms with Crippen LogP contribution in [0, 0.1) is 5.82 Å². The van der Waals surface area contributed by atoms with Crippen molar-refractivity contribution in [3.63, 3.8) is 0 Å². The number of hydrogen-bond acceptors (Lipinski definition) is 3. The second-order valence-corrected chi connectivity index (χ2v) is 5.95. The van der Waals surface area contributed by atoms with E-state index in [9.17, 15) is 9.18 Å². The highest BCUT2D eigenvalue weighted by atomic mass is 79.9. The van der Waals surface area contributed by atoms with Gasteiger partial charge in [-0.15, -0.1) is 0 Å². The molecule has 4 nitrogen and oxygen atoms in total. The fraction of sp³-hybridized carbons (Fsp3) is 0.500. The van der Waals surface area contributed by atoms with Crippen LogP contribution in [-0.4, -0.2) is 43.5 Å². The second kappa shape index (κ2) is 7.15. The highest BCUT2D eigenvalue weighted by Crippen LogP contribution is 2.19. The molecule has 20 heavy (non-hydrogen) atoms. The predicted molar refractivity (Wildman–Crippen MR) is 81.3 cm³/mol. The normalized spacial score (nSPS) is 19.9. The lowest BCUT2D eigenvalue weighted by Gasteiger charge is -2.31. The summed E-state index contributed by atoms with van der Waals surface area (Å²) in [5, 5.41) is 5.85. The van der Waals surface area contributed by atoms with E-state index in [1.54, 1.807) is 12.1 Å². The van der Waals surface area contributed by atoms with Crippen molar-refractivity contribution < 1.29 is 9.18 Å². The molecule has 1 saturated heterocycles. The number of anilines is 1. The fourth-order valence-electron chi connectivity index (χ4n) is 2.42. The van der Waals surface area contributed by atoms with E-state index in [1.807, 2.05) is 7.05 Å². The van der Waals surface area contributed by atoms with Gasteiger partial charge in [-0.1, -0.05) is 15.9 Å². The smallest absolute Gasteiger partial charge is 0.238 e. The van der Waals surface area contributed by atoms with Crippen LogP contribution in [0.15, 0.2) is 22.7 Å². The minimum atomic E-state index is -0.431. The number of likely N-dealkylation sites (tertiary alicyclic amines) is 1. The molecule has 2 rings (SSSR count). The summed E-state index contributed by atoms with van der Waals surface area (Å²) in [6.45, 7) is 2.06. The van der Waals surface area contributed by atoms with E-state index in [2.05, 4.69) is 31.5 Å². The molecule has 1 heterocycles. The summed E-state index contributed by atoms with van der Waals surface area (Å²) < 4.78 is 14.3. The Hall–Kier alpha value is -0.980. The Bertz CT molecular complexity index is 483. The minimum absolute atomic E-state index is 0.178. The van der Waals surface area contributed by atoms with Gasteiger partial charge < -0.3 is 10.6 Å². The monoisotopic (exact) mass is 343 g/mol. The first-order valence-corrected chi connectivity index (χ1v) is 7.52. The molecular weight excluding hydrogens is 325 g/mol. The predicted octanol–water partition coefficient (Wildman–Crippen LogP) is 2.21. The average Bonchev–Trinajstić information content (AvgIpc) is 2.42. The molecule has 1 aliphatic heterocycles. The standard InChI is InChI=1S/C14H19BrFN3O/c1-17-11-3-2-6-19(8-11)9-14(20)18-13-5-4-10(15)7-12(13)16/h4-5,7,11,17H,2-3,6,8-9H2,1H3,(H,18,20). The average molecular weight is 344 g/mol. The van der Waals surface area contributed by atoms with E-state index < -0.39 is 5.82 Å². The largest absolute Gasteiger partial charge is 0.322 e. The van der Waals surface area contributed by atoms with E-state index in [-0.39, 0.29) is 11.6 Å². The highest BCUT2D eigenvalue weighted by Gasteiger charge is 2.20. The maximum atomic E-state index is 13.6. The van der Waals surface area contributed by atoms with Gasteiger partial charge in [0.1, 0.15) is 5.82 Å². The van der Waals surface area contributed by atoms with Crippen molar-refractivity contribution in [1.82, 2.24) is 10.2 Å². The van der Waals surface area contributed by atoms with Crippen LogP contribution in [-0.2, 0) is 4.79 Å².